The summed E-state index contributed by atoms with van der Waals surface area (Å²) in [6.45, 7) is 3.15. The Balaban J connectivity index is 1.66. The van der Waals surface area contributed by atoms with Gasteiger partial charge in [-0.3, -0.25) is 4.79 Å². The molecule has 116 valence electrons. The molecule has 0 aromatic carbocycles. The maximum absolute atomic E-state index is 11.1. The largest absolute Gasteiger partial charge is 0.481 e. The molecule has 3 nitrogen and oxygen atoms in total. The zero-order chi connectivity index (χ0) is 14.4. The first-order chi connectivity index (χ1) is 9.70. The number of fused-ring (bicyclic) bond motifs is 1. The van der Waals surface area contributed by atoms with Crippen LogP contribution in [0.15, 0.2) is 0 Å². The van der Waals surface area contributed by atoms with E-state index < -0.39 is 5.97 Å². The van der Waals surface area contributed by atoms with E-state index >= 15 is 0 Å². The first kappa shape index (κ1) is 15.8. The molecule has 0 spiro atoms. The van der Waals surface area contributed by atoms with E-state index in [1.807, 2.05) is 0 Å². The summed E-state index contributed by atoms with van der Waals surface area (Å²) in [6, 6.07) is 0. The number of hydrogen-bond donors (Lipinski definition) is 1. The Kier molecular flexibility index (Phi) is 6.34. The van der Waals surface area contributed by atoms with Crippen molar-refractivity contribution in [1.82, 2.24) is 0 Å². The third-order valence-corrected chi connectivity index (χ3v) is 5.27. The Morgan fingerprint density at radius 3 is 2.55 bits per heavy atom. The van der Waals surface area contributed by atoms with Gasteiger partial charge >= 0.3 is 5.97 Å². The summed E-state index contributed by atoms with van der Waals surface area (Å²) >= 11 is 0. The van der Waals surface area contributed by atoms with Crippen molar-refractivity contribution in [3.05, 3.63) is 0 Å². The van der Waals surface area contributed by atoms with Gasteiger partial charge in [0, 0.05) is 6.61 Å². The van der Waals surface area contributed by atoms with Gasteiger partial charge in [-0.2, -0.15) is 0 Å². The van der Waals surface area contributed by atoms with Gasteiger partial charge in [0.2, 0.25) is 0 Å². The molecule has 2 fully saturated rings. The third kappa shape index (κ3) is 4.47. The van der Waals surface area contributed by atoms with Gasteiger partial charge in [-0.05, 0) is 56.8 Å². The Labute approximate surface area is 123 Å². The maximum Gasteiger partial charge on any atom is 0.306 e. The van der Waals surface area contributed by atoms with E-state index in [0.717, 1.165) is 38.2 Å². The van der Waals surface area contributed by atoms with E-state index in [1.165, 1.54) is 38.5 Å². The highest BCUT2D eigenvalue weighted by atomic mass is 16.5. The molecule has 0 aromatic heterocycles. The number of carbonyl (C=O) groups is 1. The number of hydrogen-bond acceptors (Lipinski definition) is 2. The molecule has 0 aliphatic heterocycles. The SMILES string of the molecule is CCCCCCOC1CCC2CC(C(=O)O)CCC2C1. The topological polar surface area (TPSA) is 46.5 Å². The van der Waals surface area contributed by atoms with Crippen LogP contribution in [-0.4, -0.2) is 23.8 Å². The van der Waals surface area contributed by atoms with Crippen molar-refractivity contribution in [2.45, 2.75) is 77.2 Å². The van der Waals surface area contributed by atoms with Gasteiger partial charge in [0.1, 0.15) is 0 Å². The summed E-state index contributed by atoms with van der Waals surface area (Å²) in [7, 11) is 0. The molecule has 2 rings (SSSR count). The van der Waals surface area contributed by atoms with Crippen LogP contribution < -0.4 is 0 Å². The fourth-order valence-corrected chi connectivity index (χ4v) is 4.00. The molecular formula is C17H30O3. The molecule has 0 radical (unpaired) electrons. The van der Waals surface area contributed by atoms with E-state index in [-0.39, 0.29) is 5.92 Å². The molecule has 0 heterocycles. The van der Waals surface area contributed by atoms with Crippen molar-refractivity contribution in [1.29, 1.82) is 0 Å². The third-order valence-electron chi connectivity index (χ3n) is 5.27. The van der Waals surface area contributed by atoms with E-state index in [0.29, 0.717) is 12.0 Å². The van der Waals surface area contributed by atoms with Crippen molar-refractivity contribution < 1.29 is 14.6 Å². The number of carboxylic acid groups (broad SMARTS) is 1. The van der Waals surface area contributed by atoms with Crippen LogP contribution in [0.1, 0.15) is 71.1 Å². The molecule has 0 saturated heterocycles. The first-order valence-corrected chi connectivity index (χ1v) is 8.55. The van der Waals surface area contributed by atoms with E-state index in [2.05, 4.69) is 6.92 Å². The van der Waals surface area contributed by atoms with Crippen molar-refractivity contribution >= 4 is 5.97 Å². The average Bonchev–Trinajstić information content (AvgIpc) is 2.46. The van der Waals surface area contributed by atoms with Crippen LogP contribution in [0, 0.1) is 17.8 Å². The van der Waals surface area contributed by atoms with Gasteiger partial charge in [0.05, 0.1) is 12.0 Å². The molecule has 2 aliphatic carbocycles. The molecule has 1 N–H and O–H groups in total. The molecule has 20 heavy (non-hydrogen) atoms. The minimum Gasteiger partial charge on any atom is -0.481 e. The fourth-order valence-electron chi connectivity index (χ4n) is 4.00. The highest BCUT2D eigenvalue weighted by molar-refractivity contribution is 5.70. The number of carboxylic acids is 1. The minimum absolute atomic E-state index is 0.0808. The lowest BCUT2D eigenvalue weighted by atomic mass is 9.67. The molecule has 2 saturated carbocycles. The van der Waals surface area contributed by atoms with Crippen LogP contribution in [0.25, 0.3) is 0 Å². The fraction of sp³-hybridized carbons (Fsp3) is 0.941. The molecular weight excluding hydrogens is 252 g/mol. The van der Waals surface area contributed by atoms with E-state index in [4.69, 9.17) is 9.84 Å². The van der Waals surface area contributed by atoms with Crippen LogP contribution in [0.5, 0.6) is 0 Å². The molecule has 4 unspecified atom stereocenters. The minimum atomic E-state index is -0.585. The molecule has 3 heteroatoms. The second-order valence-corrected chi connectivity index (χ2v) is 6.73. The predicted molar refractivity (Wildman–Crippen MR) is 79.7 cm³/mol. The maximum atomic E-state index is 11.1. The number of aliphatic carboxylic acids is 1. The van der Waals surface area contributed by atoms with E-state index in [1.54, 1.807) is 0 Å². The summed E-state index contributed by atoms with van der Waals surface area (Å²) in [6.07, 6.45) is 11.9. The average molecular weight is 282 g/mol. The van der Waals surface area contributed by atoms with Crippen molar-refractivity contribution in [3.8, 4) is 0 Å². The standard InChI is InChI=1S/C17H30O3/c1-2-3-4-5-10-20-16-9-8-13-11-15(17(18)19)7-6-14(13)12-16/h13-16H,2-12H2,1H3,(H,18,19). The lowest BCUT2D eigenvalue weighted by Gasteiger charge is -2.41. The molecule has 2 aliphatic rings. The normalized spacial score (nSPS) is 33.6. The van der Waals surface area contributed by atoms with Gasteiger partial charge in [0.15, 0.2) is 0 Å². The Morgan fingerprint density at radius 1 is 1.05 bits per heavy atom. The number of ether oxygens (including phenoxy) is 1. The lowest BCUT2D eigenvalue weighted by molar-refractivity contribution is -0.144. The van der Waals surface area contributed by atoms with E-state index in [9.17, 15) is 4.79 Å². The van der Waals surface area contributed by atoms with Crippen LogP contribution in [-0.2, 0) is 9.53 Å². The second-order valence-electron chi connectivity index (χ2n) is 6.73. The number of unbranched alkanes of at least 4 members (excludes halogenated alkanes) is 3. The molecule has 0 aromatic rings. The van der Waals surface area contributed by atoms with Gasteiger partial charge in [-0.25, -0.2) is 0 Å². The van der Waals surface area contributed by atoms with Crippen LogP contribution in [0.4, 0.5) is 0 Å². The first-order valence-electron chi connectivity index (χ1n) is 8.55. The summed E-state index contributed by atoms with van der Waals surface area (Å²) < 4.78 is 6.04. The predicted octanol–water partition coefficient (Wildman–Crippen LogP) is 4.25. The monoisotopic (exact) mass is 282 g/mol. The second kappa shape index (κ2) is 8.02. The zero-order valence-electron chi connectivity index (χ0n) is 12.9. The Hall–Kier alpha value is -0.570. The van der Waals surface area contributed by atoms with Gasteiger partial charge in [-0.15, -0.1) is 0 Å². The van der Waals surface area contributed by atoms with Gasteiger partial charge < -0.3 is 9.84 Å². The molecule has 4 atom stereocenters. The Bertz CT molecular complexity index is 303. The molecule has 0 bridgehead atoms. The van der Waals surface area contributed by atoms with Crippen molar-refractivity contribution in [2.75, 3.05) is 6.61 Å². The van der Waals surface area contributed by atoms with Crippen LogP contribution in [0.3, 0.4) is 0 Å². The zero-order valence-corrected chi connectivity index (χ0v) is 12.9. The number of rotatable bonds is 7. The van der Waals surface area contributed by atoms with Crippen molar-refractivity contribution in [2.24, 2.45) is 17.8 Å². The molecule has 0 amide bonds. The Morgan fingerprint density at radius 2 is 1.80 bits per heavy atom. The highest BCUT2D eigenvalue weighted by Crippen LogP contribution is 2.43. The van der Waals surface area contributed by atoms with Gasteiger partial charge in [0.25, 0.3) is 0 Å². The summed E-state index contributed by atoms with van der Waals surface area (Å²) in [5, 5.41) is 9.14. The lowest BCUT2D eigenvalue weighted by Crippen LogP contribution is -2.36. The van der Waals surface area contributed by atoms with Crippen LogP contribution in [0.2, 0.25) is 0 Å². The summed E-state index contributed by atoms with van der Waals surface area (Å²) in [5.74, 6) is 0.699. The van der Waals surface area contributed by atoms with Crippen LogP contribution >= 0.6 is 0 Å². The smallest absolute Gasteiger partial charge is 0.306 e. The highest BCUT2D eigenvalue weighted by Gasteiger charge is 2.37. The van der Waals surface area contributed by atoms with Crippen molar-refractivity contribution in [3.63, 3.8) is 0 Å². The quantitative estimate of drug-likeness (QED) is 0.710. The summed E-state index contributed by atoms with van der Waals surface area (Å²) in [5.41, 5.74) is 0. The van der Waals surface area contributed by atoms with Gasteiger partial charge in [-0.1, -0.05) is 26.2 Å². The summed E-state index contributed by atoms with van der Waals surface area (Å²) in [4.78, 5) is 11.1.